The van der Waals surface area contributed by atoms with Gasteiger partial charge in [-0.1, -0.05) is 23.4 Å². The van der Waals surface area contributed by atoms with Crippen LogP contribution in [0.25, 0.3) is 0 Å². The SMILES string of the molecule is Fc1ccc(Sc2ncc(Cl)cc2F)cc1. The molecule has 0 N–H and O–H groups in total. The lowest BCUT2D eigenvalue weighted by Crippen LogP contribution is -1.86. The van der Waals surface area contributed by atoms with Crippen LogP contribution in [0.1, 0.15) is 0 Å². The number of aromatic nitrogens is 1. The van der Waals surface area contributed by atoms with Crippen molar-refractivity contribution in [3.05, 3.63) is 53.2 Å². The summed E-state index contributed by atoms with van der Waals surface area (Å²) in [6, 6.07) is 6.96. The number of nitrogens with zero attached hydrogens (tertiary/aromatic N) is 1. The van der Waals surface area contributed by atoms with Crippen molar-refractivity contribution >= 4 is 23.4 Å². The van der Waals surface area contributed by atoms with Crippen molar-refractivity contribution < 1.29 is 8.78 Å². The summed E-state index contributed by atoms with van der Waals surface area (Å²) in [4.78, 5) is 4.58. The average Bonchev–Trinajstić information content (AvgIpc) is 2.25. The molecule has 0 aliphatic carbocycles. The van der Waals surface area contributed by atoms with Gasteiger partial charge in [0.1, 0.15) is 10.8 Å². The fraction of sp³-hybridized carbons (Fsp3) is 0. The van der Waals surface area contributed by atoms with Crippen LogP contribution in [0, 0.1) is 11.6 Å². The third kappa shape index (κ3) is 2.71. The molecule has 1 aromatic heterocycles. The Morgan fingerprint density at radius 3 is 2.44 bits per heavy atom. The van der Waals surface area contributed by atoms with Crippen molar-refractivity contribution in [2.24, 2.45) is 0 Å². The molecule has 82 valence electrons. The number of rotatable bonds is 2. The van der Waals surface area contributed by atoms with Crippen LogP contribution >= 0.6 is 23.4 Å². The first-order valence-corrected chi connectivity index (χ1v) is 5.59. The van der Waals surface area contributed by atoms with Crippen LogP contribution in [0.4, 0.5) is 8.78 Å². The number of hydrogen-bond donors (Lipinski definition) is 0. The maximum absolute atomic E-state index is 13.4. The predicted octanol–water partition coefficient (Wildman–Crippen LogP) is 4.16. The smallest absolute Gasteiger partial charge is 0.157 e. The van der Waals surface area contributed by atoms with Crippen molar-refractivity contribution in [2.45, 2.75) is 9.92 Å². The van der Waals surface area contributed by atoms with Gasteiger partial charge in [0.25, 0.3) is 0 Å². The summed E-state index contributed by atoms with van der Waals surface area (Å²) in [5.74, 6) is -0.810. The second kappa shape index (κ2) is 4.80. The zero-order chi connectivity index (χ0) is 11.5. The van der Waals surface area contributed by atoms with Gasteiger partial charge in [-0.05, 0) is 30.3 Å². The monoisotopic (exact) mass is 257 g/mol. The second-order valence-corrected chi connectivity index (χ2v) is 4.50. The fourth-order valence-corrected chi connectivity index (χ4v) is 1.99. The summed E-state index contributed by atoms with van der Waals surface area (Å²) in [7, 11) is 0. The van der Waals surface area contributed by atoms with E-state index in [0.717, 1.165) is 16.7 Å². The Bertz CT molecular complexity index is 502. The highest BCUT2D eigenvalue weighted by Crippen LogP contribution is 2.28. The Labute approximate surface area is 100 Å². The first-order valence-electron chi connectivity index (χ1n) is 4.39. The number of benzene rings is 1. The van der Waals surface area contributed by atoms with E-state index in [4.69, 9.17) is 11.6 Å². The molecule has 1 nitrogen and oxygen atoms in total. The molecule has 1 aromatic carbocycles. The molecule has 5 heteroatoms. The highest BCUT2D eigenvalue weighted by Gasteiger charge is 2.06. The van der Waals surface area contributed by atoms with E-state index in [1.807, 2.05) is 0 Å². The molecule has 0 radical (unpaired) electrons. The Morgan fingerprint density at radius 1 is 1.12 bits per heavy atom. The highest BCUT2D eigenvalue weighted by molar-refractivity contribution is 7.99. The van der Waals surface area contributed by atoms with Gasteiger partial charge < -0.3 is 0 Å². The molecule has 0 saturated heterocycles. The molecule has 16 heavy (non-hydrogen) atoms. The minimum absolute atomic E-state index is 0.219. The number of halogens is 3. The zero-order valence-electron chi connectivity index (χ0n) is 7.95. The lowest BCUT2D eigenvalue weighted by molar-refractivity contribution is 0.588. The fourth-order valence-electron chi connectivity index (χ4n) is 1.09. The van der Waals surface area contributed by atoms with Crippen molar-refractivity contribution in [3.8, 4) is 0 Å². The molecule has 0 fully saturated rings. The summed E-state index contributed by atoms with van der Waals surface area (Å²) in [5.41, 5.74) is 0. The molecule has 0 bridgehead atoms. The molecular weight excluding hydrogens is 252 g/mol. The van der Waals surface area contributed by atoms with E-state index >= 15 is 0 Å². The molecule has 0 saturated carbocycles. The lowest BCUT2D eigenvalue weighted by atomic mass is 10.4. The third-order valence-electron chi connectivity index (χ3n) is 1.80. The van der Waals surface area contributed by atoms with E-state index < -0.39 is 5.82 Å². The van der Waals surface area contributed by atoms with Crippen LogP contribution in [0.2, 0.25) is 5.02 Å². The first-order chi connectivity index (χ1) is 7.65. The molecule has 1 heterocycles. The van der Waals surface area contributed by atoms with Crippen molar-refractivity contribution in [1.29, 1.82) is 0 Å². The molecular formula is C11H6ClF2NS. The second-order valence-electron chi connectivity index (χ2n) is 3.00. The molecule has 2 aromatic rings. The average molecular weight is 258 g/mol. The Hall–Kier alpha value is -1.13. The molecule has 0 unspecified atom stereocenters. The largest absolute Gasteiger partial charge is 0.245 e. The lowest BCUT2D eigenvalue weighted by Gasteiger charge is -2.02. The third-order valence-corrected chi connectivity index (χ3v) is 3.01. The summed E-state index contributed by atoms with van der Waals surface area (Å²) in [6.45, 7) is 0. The summed E-state index contributed by atoms with van der Waals surface area (Å²) in [6.07, 6.45) is 1.37. The minimum Gasteiger partial charge on any atom is -0.245 e. The normalized spacial score (nSPS) is 10.4. The van der Waals surface area contributed by atoms with Crippen LogP contribution < -0.4 is 0 Å². The van der Waals surface area contributed by atoms with Crippen LogP contribution in [-0.4, -0.2) is 4.98 Å². The topological polar surface area (TPSA) is 12.9 Å². The van der Waals surface area contributed by atoms with Gasteiger partial charge in [-0.15, -0.1) is 0 Å². The van der Waals surface area contributed by atoms with Crippen LogP contribution in [0.5, 0.6) is 0 Å². The van der Waals surface area contributed by atoms with Crippen molar-refractivity contribution in [1.82, 2.24) is 4.98 Å². The highest BCUT2D eigenvalue weighted by atomic mass is 35.5. The first kappa shape index (κ1) is 11.4. The molecule has 0 amide bonds. The molecule has 0 aliphatic heterocycles. The standard InChI is InChI=1S/C11H6ClF2NS/c12-7-5-10(14)11(15-6-7)16-9-3-1-8(13)2-4-9/h1-6H. The number of hydrogen-bond acceptors (Lipinski definition) is 2. The number of pyridine rings is 1. The van der Waals surface area contributed by atoms with E-state index in [2.05, 4.69) is 4.98 Å². The van der Waals surface area contributed by atoms with E-state index in [0.29, 0.717) is 0 Å². The van der Waals surface area contributed by atoms with Crippen LogP contribution in [0.3, 0.4) is 0 Å². The van der Waals surface area contributed by atoms with Gasteiger partial charge >= 0.3 is 0 Å². The van der Waals surface area contributed by atoms with Crippen molar-refractivity contribution in [3.63, 3.8) is 0 Å². The predicted molar refractivity (Wildman–Crippen MR) is 59.7 cm³/mol. The Balaban J connectivity index is 2.23. The Kier molecular flexibility index (Phi) is 3.41. The Morgan fingerprint density at radius 2 is 1.81 bits per heavy atom. The molecule has 0 atom stereocenters. The van der Waals surface area contributed by atoms with Crippen molar-refractivity contribution in [2.75, 3.05) is 0 Å². The molecule has 0 aliphatic rings. The maximum atomic E-state index is 13.4. The van der Waals surface area contributed by atoms with E-state index in [9.17, 15) is 8.78 Å². The van der Waals surface area contributed by atoms with Gasteiger partial charge in [-0.25, -0.2) is 13.8 Å². The summed E-state index contributed by atoms with van der Waals surface area (Å²) < 4.78 is 26.0. The van der Waals surface area contributed by atoms with Gasteiger partial charge in [-0.3, -0.25) is 0 Å². The summed E-state index contributed by atoms with van der Waals surface area (Å²) in [5, 5.41) is 0.469. The maximum Gasteiger partial charge on any atom is 0.157 e. The van der Waals surface area contributed by atoms with Crippen LogP contribution in [-0.2, 0) is 0 Å². The minimum atomic E-state index is -0.484. The van der Waals surface area contributed by atoms with Gasteiger partial charge in [0.15, 0.2) is 5.82 Å². The van der Waals surface area contributed by atoms with Gasteiger partial charge in [0.05, 0.1) is 5.02 Å². The van der Waals surface area contributed by atoms with E-state index in [1.54, 1.807) is 12.1 Å². The van der Waals surface area contributed by atoms with Gasteiger partial charge in [0.2, 0.25) is 0 Å². The summed E-state index contributed by atoms with van der Waals surface area (Å²) >= 11 is 6.70. The molecule has 2 rings (SSSR count). The van der Waals surface area contributed by atoms with E-state index in [-0.39, 0.29) is 15.9 Å². The quantitative estimate of drug-likeness (QED) is 0.801. The van der Waals surface area contributed by atoms with Gasteiger partial charge in [0, 0.05) is 11.1 Å². The van der Waals surface area contributed by atoms with Crippen LogP contribution in [0.15, 0.2) is 46.5 Å². The zero-order valence-corrected chi connectivity index (χ0v) is 9.53. The van der Waals surface area contributed by atoms with E-state index in [1.165, 1.54) is 24.4 Å². The van der Waals surface area contributed by atoms with Gasteiger partial charge in [-0.2, -0.15) is 0 Å². The molecule has 0 spiro atoms.